The van der Waals surface area contributed by atoms with Crippen LogP contribution in [-0.4, -0.2) is 48.0 Å². The topological polar surface area (TPSA) is 70.6 Å². The zero-order valence-corrected chi connectivity index (χ0v) is 13.5. The molecule has 1 fully saturated rings. The molecule has 5 nitrogen and oxygen atoms in total. The molecule has 1 aliphatic rings. The average molecular weight is 324 g/mol. The Bertz CT molecular complexity index is 450. The molecule has 0 atom stereocenters. The van der Waals surface area contributed by atoms with Gasteiger partial charge in [0.2, 0.25) is 0 Å². The van der Waals surface area contributed by atoms with Crippen molar-refractivity contribution in [2.45, 2.75) is 25.0 Å². The maximum absolute atomic E-state index is 11.9. The van der Waals surface area contributed by atoms with E-state index in [0.29, 0.717) is 19.7 Å². The van der Waals surface area contributed by atoms with Crippen LogP contribution in [-0.2, 0) is 11.3 Å². The molecule has 0 spiro atoms. The molecule has 6 heteroatoms. The third-order valence-electron chi connectivity index (χ3n) is 3.77. The van der Waals surface area contributed by atoms with E-state index < -0.39 is 0 Å². The number of urea groups is 1. The number of aliphatic hydroxyl groups excluding tert-OH is 1. The first-order valence-corrected chi connectivity index (χ1v) is 8.78. The number of carbonyl (C=O) groups excluding carboxylic acids is 1. The standard InChI is InChI=1S/C16H24N2O3S/c19-8-9-21-16(6-10-22-11-7-16)13-18-15(20)17-12-14-4-2-1-3-5-14/h1-5,19H,6-13H2,(H2,17,18,20). The van der Waals surface area contributed by atoms with Crippen LogP contribution in [0.15, 0.2) is 30.3 Å². The van der Waals surface area contributed by atoms with Crippen LogP contribution in [0.5, 0.6) is 0 Å². The minimum Gasteiger partial charge on any atom is -0.394 e. The van der Waals surface area contributed by atoms with Crippen molar-refractivity contribution in [1.29, 1.82) is 0 Å². The number of hydrogen-bond acceptors (Lipinski definition) is 4. The lowest BCUT2D eigenvalue weighted by Gasteiger charge is -2.37. The zero-order valence-electron chi connectivity index (χ0n) is 12.7. The summed E-state index contributed by atoms with van der Waals surface area (Å²) in [5, 5.41) is 14.7. The Labute approximate surface area is 135 Å². The molecule has 1 aromatic carbocycles. The third-order valence-corrected chi connectivity index (χ3v) is 4.76. The lowest BCUT2D eigenvalue weighted by molar-refractivity contribution is -0.0603. The fraction of sp³-hybridized carbons (Fsp3) is 0.562. The van der Waals surface area contributed by atoms with Crippen molar-refractivity contribution in [2.75, 3.05) is 31.3 Å². The summed E-state index contributed by atoms with van der Waals surface area (Å²) in [6.45, 7) is 1.31. The normalized spacial score (nSPS) is 17.0. The van der Waals surface area contributed by atoms with Crippen molar-refractivity contribution in [2.24, 2.45) is 0 Å². The fourth-order valence-electron chi connectivity index (χ4n) is 2.46. The Balaban J connectivity index is 1.77. The molecule has 1 aromatic rings. The van der Waals surface area contributed by atoms with E-state index in [2.05, 4.69) is 10.6 Å². The van der Waals surface area contributed by atoms with Gasteiger partial charge in [-0.15, -0.1) is 0 Å². The number of amides is 2. The number of aliphatic hydroxyl groups is 1. The summed E-state index contributed by atoms with van der Waals surface area (Å²) in [4.78, 5) is 11.9. The second kappa shape index (κ2) is 9.02. The highest BCUT2D eigenvalue weighted by Crippen LogP contribution is 2.29. The first-order chi connectivity index (χ1) is 10.7. The molecular weight excluding hydrogens is 300 g/mol. The second-order valence-electron chi connectivity index (χ2n) is 5.39. The van der Waals surface area contributed by atoms with E-state index in [4.69, 9.17) is 9.84 Å². The number of benzene rings is 1. The number of carbonyl (C=O) groups is 1. The average Bonchev–Trinajstić information content (AvgIpc) is 2.58. The number of nitrogens with one attached hydrogen (secondary N) is 2. The van der Waals surface area contributed by atoms with E-state index in [1.807, 2.05) is 42.1 Å². The highest BCUT2D eigenvalue weighted by Gasteiger charge is 2.33. The number of ether oxygens (including phenoxy) is 1. The van der Waals surface area contributed by atoms with Crippen molar-refractivity contribution in [3.63, 3.8) is 0 Å². The maximum Gasteiger partial charge on any atom is 0.315 e. The SMILES string of the molecule is O=C(NCc1ccccc1)NCC1(OCCO)CCSCC1. The molecule has 122 valence electrons. The van der Waals surface area contributed by atoms with Gasteiger partial charge in [-0.05, 0) is 29.9 Å². The van der Waals surface area contributed by atoms with E-state index in [0.717, 1.165) is 29.9 Å². The summed E-state index contributed by atoms with van der Waals surface area (Å²) < 4.78 is 5.83. The van der Waals surface area contributed by atoms with Crippen LogP contribution >= 0.6 is 11.8 Å². The molecule has 2 rings (SSSR count). The minimum absolute atomic E-state index is 0.00902. The van der Waals surface area contributed by atoms with E-state index in [1.54, 1.807) is 0 Å². The van der Waals surface area contributed by atoms with Crippen molar-refractivity contribution in [3.05, 3.63) is 35.9 Å². The maximum atomic E-state index is 11.9. The molecule has 3 N–H and O–H groups in total. The highest BCUT2D eigenvalue weighted by atomic mass is 32.2. The smallest absolute Gasteiger partial charge is 0.315 e. The molecule has 0 radical (unpaired) electrons. The lowest BCUT2D eigenvalue weighted by Crippen LogP contribution is -2.50. The molecule has 0 aliphatic carbocycles. The Morgan fingerprint density at radius 3 is 2.64 bits per heavy atom. The largest absolute Gasteiger partial charge is 0.394 e. The summed E-state index contributed by atoms with van der Waals surface area (Å²) in [6.07, 6.45) is 1.80. The van der Waals surface area contributed by atoms with Crippen LogP contribution < -0.4 is 10.6 Å². The van der Waals surface area contributed by atoms with Gasteiger partial charge < -0.3 is 20.5 Å². The lowest BCUT2D eigenvalue weighted by atomic mass is 9.96. The van der Waals surface area contributed by atoms with Crippen molar-refractivity contribution in [3.8, 4) is 0 Å². The quantitative estimate of drug-likeness (QED) is 0.715. The molecule has 0 bridgehead atoms. The summed E-state index contributed by atoms with van der Waals surface area (Å²) in [5.41, 5.74) is 0.732. The molecule has 0 aromatic heterocycles. The number of hydrogen-bond donors (Lipinski definition) is 3. The van der Waals surface area contributed by atoms with Gasteiger partial charge in [-0.25, -0.2) is 4.79 Å². The van der Waals surface area contributed by atoms with Gasteiger partial charge in [-0.1, -0.05) is 30.3 Å². The summed E-state index contributed by atoms with van der Waals surface area (Å²) in [6, 6.07) is 9.62. The molecule has 1 aliphatic heterocycles. The Morgan fingerprint density at radius 1 is 1.23 bits per heavy atom. The van der Waals surface area contributed by atoms with Crippen LogP contribution in [0.2, 0.25) is 0 Å². The van der Waals surface area contributed by atoms with Crippen molar-refractivity contribution >= 4 is 17.8 Å². The summed E-state index contributed by atoms with van der Waals surface area (Å²) in [5.74, 6) is 2.05. The van der Waals surface area contributed by atoms with E-state index in [9.17, 15) is 4.79 Å². The van der Waals surface area contributed by atoms with Crippen LogP contribution in [0.1, 0.15) is 18.4 Å². The molecule has 1 heterocycles. The molecule has 2 amide bonds. The van der Waals surface area contributed by atoms with Crippen LogP contribution in [0.4, 0.5) is 4.79 Å². The summed E-state index contributed by atoms with van der Waals surface area (Å²) in [7, 11) is 0. The molecule has 1 saturated heterocycles. The monoisotopic (exact) mass is 324 g/mol. The van der Waals surface area contributed by atoms with E-state index >= 15 is 0 Å². The van der Waals surface area contributed by atoms with E-state index in [-0.39, 0.29) is 18.2 Å². The predicted octanol–water partition coefficient (Wildman–Crippen LogP) is 1.76. The van der Waals surface area contributed by atoms with Gasteiger partial charge >= 0.3 is 6.03 Å². The van der Waals surface area contributed by atoms with Gasteiger partial charge in [-0.3, -0.25) is 0 Å². The highest BCUT2D eigenvalue weighted by molar-refractivity contribution is 7.99. The molecular formula is C16H24N2O3S. The molecule has 22 heavy (non-hydrogen) atoms. The van der Waals surface area contributed by atoms with Gasteiger partial charge in [0.1, 0.15) is 0 Å². The third kappa shape index (κ3) is 5.51. The first-order valence-electron chi connectivity index (χ1n) is 7.62. The van der Waals surface area contributed by atoms with Crippen LogP contribution in [0.3, 0.4) is 0 Å². The second-order valence-corrected chi connectivity index (χ2v) is 6.61. The number of rotatable bonds is 7. The predicted molar refractivity (Wildman–Crippen MR) is 89.0 cm³/mol. The van der Waals surface area contributed by atoms with Crippen LogP contribution in [0, 0.1) is 0 Å². The Morgan fingerprint density at radius 2 is 1.95 bits per heavy atom. The Hall–Kier alpha value is -1.24. The van der Waals surface area contributed by atoms with Gasteiger partial charge in [0.05, 0.1) is 18.8 Å². The Kier molecular flexibility index (Phi) is 7.02. The van der Waals surface area contributed by atoms with E-state index in [1.165, 1.54) is 0 Å². The minimum atomic E-state index is -0.335. The van der Waals surface area contributed by atoms with Gasteiger partial charge in [-0.2, -0.15) is 11.8 Å². The molecule has 0 unspecified atom stereocenters. The summed E-state index contributed by atoms with van der Waals surface area (Å²) >= 11 is 1.90. The van der Waals surface area contributed by atoms with Crippen LogP contribution in [0.25, 0.3) is 0 Å². The van der Waals surface area contributed by atoms with Gasteiger partial charge in [0.25, 0.3) is 0 Å². The fourth-order valence-corrected chi connectivity index (χ4v) is 3.70. The van der Waals surface area contributed by atoms with Gasteiger partial charge in [0.15, 0.2) is 0 Å². The number of thioether (sulfide) groups is 1. The first kappa shape index (κ1) is 17.1. The van der Waals surface area contributed by atoms with Gasteiger partial charge in [0, 0.05) is 13.1 Å². The molecule has 0 saturated carbocycles. The zero-order chi connectivity index (χ0) is 15.7. The van der Waals surface area contributed by atoms with Crippen molar-refractivity contribution < 1.29 is 14.6 Å². The van der Waals surface area contributed by atoms with Crippen molar-refractivity contribution in [1.82, 2.24) is 10.6 Å².